The number of amides is 2. The number of nitrogens with zero attached hydrogens (tertiary/aromatic N) is 1. The van der Waals surface area contributed by atoms with Gasteiger partial charge in [-0.05, 0) is 48.6 Å². The number of piperidine rings is 1. The first-order valence-electron chi connectivity index (χ1n) is 9.67. The molecule has 1 saturated heterocycles. The molecule has 2 aromatic carbocycles. The number of hydrogen-bond donors (Lipinski definition) is 2. The van der Waals surface area contributed by atoms with Crippen molar-refractivity contribution in [2.24, 2.45) is 0 Å². The monoisotopic (exact) mass is 363 g/mol. The maximum absolute atomic E-state index is 12.3. The fraction of sp³-hybridized carbons (Fsp3) is 0.364. The van der Waals surface area contributed by atoms with Gasteiger partial charge in [-0.15, -0.1) is 0 Å². The Bertz CT molecular complexity index is 827. The standard InChI is InChI=1S/C22H25N3O2/c26-21-9-8-17-7-6-16(14-20(17)24-21)15-25-12-10-19(11-13-25)23-22(27)18-4-2-1-3-5-18/h1-7,14,19H,8-13,15H2,(H,23,27)(H,24,26). The van der Waals surface area contributed by atoms with Crippen molar-refractivity contribution >= 4 is 17.5 Å². The van der Waals surface area contributed by atoms with Crippen LogP contribution >= 0.6 is 0 Å². The van der Waals surface area contributed by atoms with Crippen molar-refractivity contribution in [3.05, 3.63) is 65.2 Å². The summed E-state index contributed by atoms with van der Waals surface area (Å²) in [5.41, 5.74) is 4.13. The van der Waals surface area contributed by atoms with Gasteiger partial charge in [-0.1, -0.05) is 30.3 Å². The molecule has 0 unspecified atom stereocenters. The zero-order valence-corrected chi connectivity index (χ0v) is 15.4. The van der Waals surface area contributed by atoms with Crippen LogP contribution in [0.5, 0.6) is 0 Å². The van der Waals surface area contributed by atoms with Gasteiger partial charge in [0.1, 0.15) is 0 Å². The third kappa shape index (κ3) is 4.37. The van der Waals surface area contributed by atoms with E-state index in [-0.39, 0.29) is 17.9 Å². The Hall–Kier alpha value is -2.66. The second kappa shape index (κ2) is 7.92. The van der Waals surface area contributed by atoms with Gasteiger partial charge in [-0.2, -0.15) is 0 Å². The Balaban J connectivity index is 1.29. The molecule has 140 valence electrons. The number of aryl methyl sites for hydroxylation is 1. The van der Waals surface area contributed by atoms with Gasteiger partial charge in [-0.3, -0.25) is 14.5 Å². The maximum Gasteiger partial charge on any atom is 0.251 e. The van der Waals surface area contributed by atoms with Crippen LogP contribution in [0, 0.1) is 0 Å². The lowest BCUT2D eigenvalue weighted by Gasteiger charge is -2.32. The number of benzene rings is 2. The van der Waals surface area contributed by atoms with Gasteiger partial charge in [0, 0.05) is 43.3 Å². The van der Waals surface area contributed by atoms with E-state index in [9.17, 15) is 9.59 Å². The normalized spacial score (nSPS) is 17.9. The Morgan fingerprint density at radius 3 is 2.63 bits per heavy atom. The van der Waals surface area contributed by atoms with E-state index >= 15 is 0 Å². The number of carbonyl (C=O) groups excluding carboxylic acids is 2. The van der Waals surface area contributed by atoms with Gasteiger partial charge < -0.3 is 10.6 Å². The summed E-state index contributed by atoms with van der Waals surface area (Å²) in [5.74, 6) is 0.120. The smallest absolute Gasteiger partial charge is 0.251 e. The quantitative estimate of drug-likeness (QED) is 0.878. The molecule has 2 heterocycles. The Morgan fingerprint density at radius 1 is 1.07 bits per heavy atom. The second-order valence-electron chi connectivity index (χ2n) is 7.43. The highest BCUT2D eigenvalue weighted by Crippen LogP contribution is 2.25. The predicted octanol–water partition coefficient (Wildman–Crippen LogP) is 2.97. The van der Waals surface area contributed by atoms with Gasteiger partial charge >= 0.3 is 0 Å². The number of hydrogen-bond acceptors (Lipinski definition) is 3. The molecule has 0 saturated carbocycles. The summed E-state index contributed by atoms with van der Waals surface area (Å²) >= 11 is 0. The van der Waals surface area contributed by atoms with Gasteiger partial charge in [-0.25, -0.2) is 0 Å². The molecule has 5 nitrogen and oxygen atoms in total. The summed E-state index contributed by atoms with van der Waals surface area (Å²) in [7, 11) is 0. The van der Waals surface area contributed by atoms with Crippen molar-refractivity contribution in [2.45, 2.75) is 38.3 Å². The number of nitrogens with one attached hydrogen (secondary N) is 2. The molecule has 4 rings (SSSR count). The Morgan fingerprint density at radius 2 is 1.85 bits per heavy atom. The highest BCUT2D eigenvalue weighted by atomic mass is 16.2. The average Bonchev–Trinajstić information content (AvgIpc) is 2.70. The SMILES string of the molecule is O=C1CCc2ccc(CN3CCC(NC(=O)c4ccccc4)CC3)cc2N1. The molecule has 2 N–H and O–H groups in total. The fourth-order valence-electron chi connectivity index (χ4n) is 3.87. The first kappa shape index (κ1) is 17.7. The molecule has 5 heteroatoms. The van der Waals surface area contributed by atoms with Crippen LogP contribution in [0.3, 0.4) is 0 Å². The Kier molecular flexibility index (Phi) is 5.21. The summed E-state index contributed by atoms with van der Waals surface area (Å²) < 4.78 is 0. The summed E-state index contributed by atoms with van der Waals surface area (Å²) in [6, 6.07) is 16.0. The van der Waals surface area contributed by atoms with E-state index in [4.69, 9.17) is 0 Å². The molecule has 0 atom stereocenters. The molecule has 2 aliphatic heterocycles. The van der Waals surface area contributed by atoms with Gasteiger partial charge in [0.2, 0.25) is 5.91 Å². The Labute approximate surface area is 159 Å². The number of anilines is 1. The first-order chi connectivity index (χ1) is 13.2. The van der Waals surface area contributed by atoms with Crippen LogP contribution in [0.4, 0.5) is 5.69 Å². The third-order valence-electron chi connectivity index (χ3n) is 5.43. The maximum atomic E-state index is 12.3. The zero-order chi connectivity index (χ0) is 18.6. The molecular weight excluding hydrogens is 338 g/mol. The summed E-state index contributed by atoms with van der Waals surface area (Å²) in [6.07, 6.45) is 3.32. The van der Waals surface area contributed by atoms with Crippen LogP contribution < -0.4 is 10.6 Å². The fourth-order valence-corrected chi connectivity index (χ4v) is 3.87. The molecule has 0 bridgehead atoms. The van der Waals surface area contributed by atoms with Crippen LogP contribution in [0.25, 0.3) is 0 Å². The van der Waals surface area contributed by atoms with Gasteiger partial charge in [0.05, 0.1) is 0 Å². The van der Waals surface area contributed by atoms with Gasteiger partial charge in [0.15, 0.2) is 0 Å². The van der Waals surface area contributed by atoms with Crippen LogP contribution in [0.2, 0.25) is 0 Å². The highest BCUT2D eigenvalue weighted by molar-refractivity contribution is 5.94. The van der Waals surface area contributed by atoms with E-state index in [1.165, 1.54) is 11.1 Å². The van der Waals surface area contributed by atoms with E-state index in [2.05, 4.69) is 33.7 Å². The topological polar surface area (TPSA) is 61.4 Å². The van der Waals surface area contributed by atoms with E-state index in [1.54, 1.807) is 0 Å². The molecule has 2 amide bonds. The largest absolute Gasteiger partial charge is 0.349 e. The molecule has 0 aliphatic carbocycles. The average molecular weight is 363 g/mol. The summed E-state index contributed by atoms with van der Waals surface area (Å²) in [4.78, 5) is 26.3. The lowest BCUT2D eigenvalue weighted by Crippen LogP contribution is -2.44. The molecular formula is C22H25N3O2. The molecule has 2 aliphatic rings. The van der Waals surface area contributed by atoms with Crippen LogP contribution in [0.15, 0.2) is 48.5 Å². The van der Waals surface area contributed by atoms with Crippen molar-refractivity contribution in [3.63, 3.8) is 0 Å². The van der Waals surface area contributed by atoms with Gasteiger partial charge in [0.25, 0.3) is 5.91 Å². The second-order valence-corrected chi connectivity index (χ2v) is 7.43. The van der Waals surface area contributed by atoms with Crippen molar-refractivity contribution < 1.29 is 9.59 Å². The first-order valence-corrected chi connectivity index (χ1v) is 9.67. The van der Waals surface area contributed by atoms with Crippen LogP contribution in [0.1, 0.15) is 40.7 Å². The van der Waals surface area contributed by atoms with E-state index in [1.807, 2.05) is 30.3 Å². The summed E-state index contributed by atoms with van der Waals surface area (Å²) in [5, 5.41) is 6.13. The highest BCUT2D eigenvalue weighted by Gasteiger charge is 2.22. The zero-order valence-electron chi connectivity index (χ0n) is 15.4. The molecule has 0 radical (unpaired) electrons. The molecule has 2 aromatic rings. The molecule has 27 heavy (non-hydrogen) atoms. The van der Waals surface area contributed by atoms with Crippen molar-refractivity contribution in [2.75, 3.05) is 18.4 Å². The van der Waals surface area contributed by atoms with Crippen molar-refractivity contribution in [1.82, 2.24) is 10.2 Å². The third-order valence-corrected chi connectivity index (χ3v) is 5.43. The van der Waals surface area contributed by atoms with Crippen molar-refractivity contribution in [3.8, 4) is 0 Å². The molecule has 0 spiro atoms. The number of carbonyl (C=O) groups is 2. The predicted molar refractivity (Wildman–Crippen MR) is 106 cm³/mol. The number of rotatable bonds is 4. The van der Waals surface area contributed by atoms with Crippen LogP contribution in [-0.4, -0.2) is 35.8 Å². The van der Waals surface area contributed by atoms with E-state index in [0.29, 0.717) is 6.42 Å². The lowest BCUT2D eigenvalue weighted by molar-refractivity contribution is -0.116. The minimum atomic E-state index is 0.0134. The molecule has 1 fully saturated rings. The summed E-state index contributed by atoms with van der Waals surface area (Å²) in [6.45, 7) is 2.80. The number of likely N-dealkylation sites (tertiary alicyclic amines) is 1. The van der Waals surface area contributed by atoms with Crippen molar-refractivity contribution in [1.29, 1.82) is 0 Å². The van der Waals surface area contributed by atoms with E-state index < -0.39 is 0 Å². The number of fused-ring (bicyclic) bond motifs is 1. The minimum Gasteiger partial charge on any atom is -0.349 e. The van der Waals surface area contributed by atoms with Crippen LogP contribution in [-0.2, 0) is 17.8 Å². The molecule has 0 aromatic heterocycles. The lowest BCUT2D eigenvalue weighted by atomic mass is 9.99. The minimum absolute atomic E-state index is 0.0134. The van der Waals surface area contributed by atoms with E-state index in [0.717, 1.165) is 50.1 Å².